The summed E-state index contributed by atoms with van der Waals surface area (Å²) in [5.41, 5.74) is 16.6. The molecule has 1 aromatic heterocycles. The molecule has 1 unspecified atom stereocenters. The van der Waals surface area contributed by atoms with Crippen molar-refractivity contribution in [2.45, 2.75) is 31.6 Å². The van der Waals surface area contributed by atoms with Gasteiger partial charge in [0.25, 0.3) is 0 Å². The van der Waals surface area contributed by atoms with Gasteiger partial charge < -0.3 is 21.8 Å². The highest BCUT2D eigenvalue weighted by Gasteiger charge is 2.21. The standard InChI is InChI=1S/C23H25N5O2/c24-22(25)19-12-27-20-7-2-13(9-18(19)20)1-3-15-10-14(4-6-17(15)23(26)30)16-5-8-21(29)28-11-16/h2,4,6-7,9-10,12,16,27H,1,3,5,8,11H2,(H3,24,25)(H2,26,30)(H,28,29). The summed E-state index contributed by atoms with van der Waals surface area (Å²) in [5.74, 6) is -0.0712. The summed E-state index contributed by atoms with van der Waals surface area (Å²) in [4.78, 5) is 26.5. The van der Waals surface area contributed by atoms with Crippen LogP contribution in [0.4, 0.5) is 0 Å². The van der Waals surface area contributed by atoms with Gasteiger partial charge in [-0.2, -0.15) is 0 Å². The van der Waals surface area contributed by atoms with E-state index < -0.39 is 5.91 Å². The lowest BCUT2D eigenvalue weighted by Gasteiger charge is -2.23. The third-order valence-electron chi connectivity index (χ3n) is 5.85. The largest absolute Gasteiger partial charge is 0.384 e. The van der Waals surface area contributed by atoms with E-state index in [0.717, 1.165) is 40.4 Å². The zero-order valence-corrected chi connectivity index (χ0v) is 16.6. The Morgan fingerprint density at radius 2 is 1.93 bits per heavy atom. The topological polar surface area (TPSA) is 138 Å². The minimum absolute atomic E-state index is 0.0293. The summed E-state index contributed by atoms with van der Waals surface area (Å²) in [6.45, 7) is 0.617. The van der Waals surface area contributed by atoms with Crippen molar-refractivity contribution in [2.75, 3.05) is 6.54 Å². The summed E-state index contributed by atoms with van der Waals surface area (Å²) in [6.07, 6.45) is 4.46. The van der Waals surface area contributed by atoms with E-state index >= 15 is 0 Å². The highest BCUT2D eigenvalue weighted by Crippen LogP contribution is 2.27. The molecule has 0 aliphatic carbocycles. The van der Waals surface area contributed by atoms with Gasteiger partial charge in [-0.25, -0.2) is 0 Å². The van der Waals surface area contributed by atoms with Crippen LogP contribution in [0.1, 0.15) is 51.4 Å². The molecule has 1 aliphatic rings. The van der Waals surface area contributed by atoms with Crippen molar-refractivity contribution in [3.8, 4) is 0 Å². The summed E-state index contributed by atoms with van der Waals surface area (Å²) in [7, 11) is 0. The molecule has 3 aromatic rings. The van der Waals surface area contributed by atoms with E-state index in [-0.39, 0.29) is 17.7 Å². The first-order valence-electron chi connectivity index (χ1n) is 10.1. The van der Waals surface area contributed by atoms with Gasteiger partial charge >= 0.3 is 0 Å². The van der Waals surface area contributed by atoms with Crippen LogP contribution in [0.25, 0.3) is 10.9 Å². The number of fused-ring (bicyclic) bond motifs is 1. The Morgan fingerprint density at radius 1 is 1.10 bits per heavy atom. The van der Waals surface area contributed by atoms with E-state index in [0.29, 0.717) is 30.5 Å². The fourth-order valence-corrected chi connectivity index (χ4v) is 4.16. The van der Waals surface area contributed by atoms with Crippen LogP contribution in [0.5, 0.6) is 0 Å². The smallest absolute Gasteiger partial charge is 0.248 e. The van der Waals surface area contributed by atoms with E-state index in [1.54, 1.807) is 12.3 Å². The molecule has 0 spiro atoms. The van der Waals surface area contributed by atoms with E-state index in [1.807, 2.05) is 24.3 Å². The van der Waals surface area contributed by atoms with Crippen LogP contribution in [0, 0.1) is 5.41 Å². The lowest BCUT2D eigenvalue weighted by atomic mass is 9.88. The monoisotopic (exact) mass is 403 g/mol. The van der Waals surface area contributed by atoms with Gasteiger partial charge in [0.05, 0.1) is 0 Å². The Kier molecular flexibility index (Phi) is 5.27. The summed E-state index contributed by atoms with van der Waals surface area (Å²) >= 11 is 0. The molecule has 30 heavy (non-hydrogen) atoms. The van der Waals surface area contributed by atoms with Crippen molar-refractivity contribution in [1.82, 2.24) is 10.3 Å². The Hall–Kier alpha value is -3.61. The minimum atomic E-state index is -0.437. The lowest BCUT2D eigenvalue weighted by molar-refractivity contribution is -0.122. The first-order chi connectivity index (χ1) is 14.4. The summed E-state index contributed by atoms with van der Waals surface area (Å²) < 4.78 is 0. The summed E-state index contributed by atoms with van der Waals surface area (Å²) in [6, 6.07) is 11.8. The number of amidine groups is 1. The number of aromatic nitrogens is 1. The molecule has 7 N–H and O–H groups in total. The van der Waals surface area contributed by atoms with Gasteiger partial charge in [-0.15, -0.1) is 0 Å². The number of piperidine rings is 1. The van der Waals surface area contributed by atoms with Crippen LogP contribution in [-0.4, -0.2) is 29.2 Å². The number of carbonyl (C=O) groups is 2. The second-order valence-corrected chi connectivity index (χ2v) is 7.82. The van der Waals surface area contributed by atoms with Crippen molar-refractivity contribution in [2.24, 2.45) is 11.5 Å². The fraction of sp³-hybridized carbons (Fsp3) is 0.261. The Labute approximate surface area is 174 Å². The second-order valence-electron chi connectivity index (χ2n) is 7.82. The van der Waals surface area contributed by atoms with E-state index in [9.17, 15) is 9.59 Å². The number of H-pyrrole nitrogens is 1. The Morgan fingerprint density at radius 3 is 2.63 bits per heavy atom. The highest BCUT2D eigenvalue weighted by atomic mass is 16.2. The molecule has 7 nitrogen and oxygen atoms in total. The molecule has 0 saturated carbocycles. The number of rotatable bonds is 6. The molecule has 4 rings (SSSR count). The highest BCUT2D eigenvalue weighted by molar-refractivity contribution is 6.07. The maximum absolute atomic E-state index is 11.9. The second kappa shape index (κ2) is 8.02. The first kappa shape index (κ1) is 19.7. The molecule has 1 saturated heterocycles. The van der Waals surface area contributed by atoms with Crippen LogP contribution < -0.4 is 16.8 Å². The molecule has 154 valence electrons. The number of amides is 2. The van der Waals surface area contributed by atoms with Crippen LogP contribution in [0.2, 0.25) is 0 Å². The van der Waals surface area contributed by atoms with Gasteiger partial charge in [-0.05, 0) is 54.2 Å². The normalized spacial score (nSPS) is 16.4. The maximum atomic E-state index is 11.9. The zero-order valence-electron chi connectivity index (χ0n) is 16.6. The van der Waals surface area contributed by atoms with Crippen molar-refractivity contribution in [3.05, 3.63) is 70.4 Å². The molecule has 2 aromatic carbocycles. The van der Waals surface area contributed by atoms with Crippen molar-refractivity contribution >= 4 is 28.6 Å². The molecule has 2 heterocycles. The molecule has 1 atom stereocenters. The van der Waals surface area contributed by atoms with Gasteiger partial charge in [-0.1, -0.05) is 18.2 Å². The predicted octanol–water partition coefficient (Wildman–Crippen LogP) is 2.33. The van der Waals surface area contributed by atoms with E-state index in [2.05, 4.69) is 16.4 Å². The zero-order chi connectivity index (χ0) is 21.3. The molecule has 1 aliphatic heterocycles. The van der Waals surface area contributed by atoms with Crippen molar-refractivity contribution < 1.29 is 9.59 Å². The van der Waals surface area contributed by atoms with Gasteiger partial charge in [0, 0.05) is 47.1 Å². The molecule has 7 heteroatoms. The number of carbonyl (C=O) groups excluding carboxylic acids is 2. The molecule has 0 radical (unpaired) electrons. The van der Waals surface area contributed by atoms with Crippen LogP contribution >= 0.6 is 0 Å². The average Bonchev–Trinajstić information content (AvgIpc) is 3.16. The van der Waals surface area contributed by atoms with E-state index in [4.69, 9.17) is 16.9 Å². The third kappa shape index (κ3) is 3.91. The SMILES string of the molecule is N=C(N)c1c[nH]c2ccc(CCc3cc(C4CCC(=O)NC4)ccc3C(N)=O)cc12. The predicted molar refractivity (Wildman–Crippen MR) is 117 cm³/mol. The fourth-order valence-electron chi connectivity index (χ4n) is 4.16. The van der Waals surface area contributed by atoms with Gasteiger partial charge in [0.15, 0.2) is 0 Å². The lowest BCUT2D eigenvalue weighted by Crippen LogP contribution is -2.33. The number of nitrogens with two attached hydrogens (primary N) is 2. The number of hydrogen-bond acceptors (Lipinski definition) is 3. The molecule has 0 bridgehead atoms. The number of hydrogen-bond donors (Lipinski definition) is 5. The number of aryl methyl sites for hydroxylation is 2. The summed E-state index contributed by atoms with van der Waals surface area (Å²) in [5, 5.41) is 11.6. The molecular formula is C23H25N5O2. The van der Waals surface area contributed by atoms with Gasteiger partial charge in [-0.3, -0.25) is 15.0 Å². The maximum Gasteiger partial charge on any atom is 0.248 e. The van der Waals surface area contributed by atoms with Crippen LogP contribution in [-0.2, 0) is 17.6 Å². The van der Waals surface area contributed by atoms with Crippen molar-refractivity contribution in [1.29, 1.82) is 5.41 Å². The number of nitrogens with one attached hydrogen (secondary N) is 3. The average molecular weight is 403 g/mol. The van der Waals surface area contributed by atoms with E-state index in [1.165, 1.54) is 0 Å². The number of nitrogen functional groups attached to an aromatic ring is 1. The number of primary amides is 1. The quantitative estimate of drug-likeness (QED) is 0.319. The van der Waals surface area contributed by atoms with Gasteiger partial charge in [0.2, 0.25) is 11.8 Å². The molecular weight excluding hydrogens is 378 g/mol. The van der Waals surface area contributed by atoms with Gasteiger partial charge in [0.1, 0.15) is 5.84 Å². The molecule has 2 amide bonds. The number of benzene rings is 2. The number of aromatic amines is 1. The first-order valence-corrected chi connectivity index (χ1v) is 10.1. The van der Waals surface area contributed by atoms with Crippen LogP contribution in [0.15, 0.2) is 42.6 Å². The third-order valence-corrected chi connectivity index (χ3v) is 5.85. The van der Waals surface area contributed by atoms with Crippen molar-refractivity contribution in [3.63, 3.8) is 0 Å². The molecule has 1 fully saturated rings. The Balaban J connectivity index is 1.58. The minimum Gasteiger partial charge on any atom is -0.384 e. The Bertz CT molecular complexity index is 1140. The van der Waals surface area contributed by atoms with Crippen LogP contribution in [0.3, 0.4) is 0 Å².